The summed E-state index contributed by atoms with van der Waals surface area (Å²) < 4.78 is 26.3. The molecule has 0 spiro atoms. The number of fused-ring (bicyclic) bond motifs is 1. The fraction of sp³-hybridized carbons (Fsp3) is 0.500. The molecule has 0 atom stereocenters. The van der Waals surface area contributed by atoms with Gasteiger partial charge >= 0.3 is 12.1 Å². The van der Waals surface area contributed by atoms with Gasteiger partial charge in [-0.1, -0.05) is 0 Å². The third-order valence-corrected chi connectivity index (χ3v) is 4.93. The van der Waals surface area contributed by atoms with Gasteiger partial charge in [0, 0.05) is 38.9 Å². The lowest BCUT2D eigenvalue weighted by atomic mass is 10.1. The Morgan fingerprint density at radius 3 is 2.45 bits per heavy atom. The number of hydrogen-bond donors (Lipinski definition) is 1. The summed E-state index contributed by atoms with van der Waals surface area (Å²) >= 11 is 0. The lowest BCUT2D eigenvalue weighted by Gasteiger charge is -2.34. The number of pyridine rings is 2. The van der Waals surface area contributed by atoms with Gasteiger partial charge in [-0.05, 0) is 19.9 Å². The van der Waals surface area contributed by atoms with E-state index in [9.17, 15) is 23.9 Å². The lowest BCUT2D eigenvalue weighted by Crippen LogP contribution is -2.49. The SMILES string of the molecule is CCOC(=O)c1cn(CCO)c2nc(N3CCN(C(=O)OCC)CC3)c(F)cc2c1=O. The van der Waals surface area contributed by atoms with E-state index >= 15 is 0 Å². The zero-order valence-electron chi connectivity index (χ0n) is 17.5. The molecule has 0 radical (unpaired) electrons. The maximum absolute atomic E-state index is 14.9. The van der Waals surface area contributed by atoms with Crippen molar-refractivity contribution in [1.82, 2.24) is 14.5 Å². The maximum Gasteiger partial charge on any atom is 0.409 e. The van der Waals surface area contributed by atoms with E-state index < -0.39 is 23.3 Å². The molecule has 0 aliphatic carbocycles. The van der Waals surface area contributed by atoms with Crippen molar-refractivity contribution >= 4 is 28.9 Å². The van der Waals surface area contributed by atoms with E-state index in [1.165, 1.54) is 15.7 Å². The molecule has 11 heteroatoms. The maximum atomic E-state index is 14.9. The highest BCUT2D eigenvalue weighted by molar-refractivity contribution is 5.93. The quantitative estimate of drug-likeness (QED) is 0.667. The largest absolute Gasteiger partial charge is 0.462 e. The summed E-state index contributed by atoms with van der Waals surface area (Å²) in [5.41, 5.74) is -0.788. The van der Waals surface area contributed by atoms with Crippen LogP contribution in [-0.4, -0.2) is 77.6 Å². The van der Waals surface area contributed by atoms with Gasteiger partial charge in [-0.25, -0.2) is 19.0 Å². The lowest BCUT2D eigenvalue weighted by molar-refractivity contribution is 0.0523. The fourth-order valence-corrected chi connectivity index (χ4v) is 3.45. The molecule has 1 amide bonds. The highest BCUT2D eigenvalue weighted by Gasteiger charge is 2.26. The number of anilines is 1. The molecule has 1 aliphatic heterocycles. The molecule has 168 valence electrons. The average Bonchev–Trinajstić information content (AvgIpc) is 2.76. The van der Waals surface area contributed by atoms with Gasteiger partial charge in [-0.3, -0.25) is 4.79 Å². The van der Waals surface area contributed by atoms with E-state index in [2.05, 4.69) is 4.98 Å². The number of nitrogens with zero attached hydrogens (tertiary/aromatic N) is 4. The predicted octanol–water partition coefficient (Wildman–Crippen LogP) is 0.983. The Hall–Kier alpha value is -3.21. The molecule has 0 unspecified atom stereocenters. The Balaban J connectivity index is 1.98. The summed E-state index contributed by atoms with van der Waals surface area (Å²) in [5, 5.41) is 9.32. The summed E-state index contributed by atoms with van der Waals surface area (Å²) in [6.45, 7) is 4.81. The molecule has 3 heterocycles. The molecule has 10 nitrogen and oxygen atoms in total. The van der Waals surface area contributed by atoms with Crippen molar-refractivity contribution in [2.24, 2.45) is 0 Å². The van der Waals surface area contributed by atoms with Gasteiger partial charge in [0.15, 0.2) is 11.6 Å². The van der Waals surface area contributed by atoms with Crippen LogP contribution in [0.15, 0.2) is 17.1 Å². The zero-order valence-corrected chi connectivity index (χ0v) is 17.5. The molecular formula is C20H25FN4O6. The number of hydrogen-bond acceptors (Lipinski definition) is 8. The summed E-state index contributed by atoms with van der Waals surface area (Å²) in [7, 11) is 0. The second-order valence-corrected chi connectivity index (χ2v) is 6.85. The number of carbonyl (C=O) groups excluding carboxylic acids is 2. The highest BCUT2D eigenvalue weighted by Crippen LogP contribution is 2.23. The van der Waals surface area contributed by atoms with E-state index in [-0.39, 0.29) is 48.8 Å². The van der Waals surface area contributed by atoms with Crippen LogP contribution in [0, 0.1) is 5.82 Å². The number of aromatic nitrogens is 2. The highest BCUT2D eigenvalue weighted by atomic mass is 19.1. The fourth-order valence-electron chi connectivity index (χ4n) is 3.45. The minimum Gasteiger partial charge on any atom is -0.462 e. The molecule has 1 fully saturated rings. The normalized spacial score (nSPS) is 14.1. The second kappa shape index (κ2) is 9.73. The van der Waals surface area contributed by atoms with Crippen LogP contribution in [0.3, 0.4) is 0 Å². The van der Waals surface area contributed by atoms with Gasteiger partial charge in [0.25, 0.3) is 0 Å². The first-order valence-corrected chi connectivity index (χ1v) is 10.1. The smallest absolute Gasteiger partial charge is 0.409 e. The first kappa shape index (κ1) is 22.5. The van der Waals surface area contributed by atoms with Gasteiger partial charge < -0.3 is 28.9 Å². The number of rotatable bonds is 6. The van der Waals surface area contributed by atoms with Crippen molar-refractivity contribution < 1.29 is 28.6 Å². The van der Waals surface area contributed by atoms with Crippen LogP contribution in [0.2, 0.25) is 0 Å². The Kier molecular flexibility index (Phi) is 7.06. The van der Waals surface area contributed by atoms with Crippen LogP contribution < -0.4 is 10.3 Å². The van der Waals surface area contributed by atoms with Gasteiger partial charge in [-0.2, -0.15) is 0 Å². The number of ether oxygens (including phenoxy) is 2. The number of esters is 1. The Labute approximate surface area is 177 Å². The molecule has 0 aromatic carbocycles. The second-order valence-electron chi connectivity index (χ2n) is 6.85. The number of amides is 1. The Morgan fingerprint density at radius 2 is 1.84 bits per heavy atom. The molecule has 31 heavy (non-hydrogen) atoms. The van der Waals surface area contributed by atoms with E-state index in [1.807, 2.05) is 0 Å². The molecule has 3 rings (SSSR count). The molecule has 1 N–H and O–H groups in total. The van der Waals surface area contributed by atoms with Gasteiger partial charge in [0.1, 0.15) is 11.2 Å². The Bertz CT molecular complexity index is 1030. The molecule has 2 aromatic heterocycles. The summed E-state index contributed by atoms with van der Waals surface area (Å²) in [4.78, 5) is 44.3. The first-order valence-electron chi connectivity index (χ1n) is 10.1. The van der Waals surface area contributed by atoms with Gasteiger partial charge in [0.05, 0.1) is 25.2 Å². The van der Waals surface area contributed by atoms with Crippen LogP contribution in [0.5, 0.6) is 0 Å². The van der Waals surface area contributed by atoms with Gasteiger partial charge in [-0.15, -0.1) is 0 Å². The molecule has 2 aromatic rings. The predicted molar refractivity (Wildman–Crippen MR) is 110 cm³/mol. The summed E-state index contributed by atoms with van der Waals surface area (Å²) in [6, 6.07) is 1.05. The molecule has 0 bridgehead atoms. The number of halogens is 1. The average molecular weight is 436 g/mol. The molecule has 0 saturated carbocycles. The van der Waals surface area contributed by atoms with Crippen LogP contribution >= 0.6 is 0 Å². The summed E-state index contributed by atoms with van der Waals surface area (Å²) in [6.07, 6.45) is 0.851. The number of piperazine rings is 1. The molecule has 1 aliphatic rings. The van der Waals surface area contributed by atoms with E-state index in [4.69, 9.17) is 9.47 Å². The van der Waals surface area contributed by atoms with E-state index in [0.717, 1.165) is 6.07 Å². The van der Waals surface area contributed by atoms with Crippen molar-refractivity contribution in [2.45, 2.75) is 20.4 Å². The molecular weight excluding hydrogens is 411 g/mol. The van der Waals surface area contributed by atoms with Crippen LogP contribution in [0.4, 0.5) is 15.0 Å². The van der Waals surface area contributed by atoms with E-state index in [1.54, 1.807) is 18.7 Å². The monoisotopic (exact) mass is 436 g/mol. The number of aliphatic hydroxyl groups is 1. The first-order chi connectivity index (χ1) is 14.9. The number of carbonyl (C=O) groups is 2. The minimum atomic E-state index is -0.819. The van der Waals surface area contributed by atoms with Crippen LogP contribution in [-0.2, 0) is 16.0 Å². The summed E-state index contributed by atoms with van der Waals surface area (Å²) in [5.74, 6) is -1.50. The van der Waals surface area contributed by atoms with Crippen LogP contribution in [0.25, 0.3) is 11.0 Å². The standard InChI is InChI=1S/C20H25FN4O6/c1-3-30-19(28)14-12-25(9-10-26)17-13(16(14)27)11-15(21)18(22-17)23-5-7-24(8-6-23)20(29)31-4-2/h11-12,26H,3-10H2,1-2H3. The third-order valence-electron chi connectivity index (χ3n) is 4.93. The van der Waals surface area contributed by atoms with Crippen LogP contribution in [0.1, 0.15) is 24.2 Å². The Morgan fingerprint density at radius 1 is 1.16 bits per heavy atom. The number of aliphatic hydroxyl groups excluding tert-OH is 1. The topological polar surface area (TPSA) is 114 Å². The van der Waals surface area contributed by atoms with Crippen molar-refractivity contribution in [3.63, 3.8) is 0 Å². The van der Waals surface area contributed by atoms with Crippen molar-refractivity contribution in [1.29, 1.82) is 0 Å². The van der Waals surface area contributed by atoms with Gasteiger partial charge in [0.2, 0.25) is 5.43 Å². The van der Waals surface area contributed by atoms with Crippen molar-refractivity contribution in [3.05, 3.63) is 33.9 Å². The van der Waals surface area contributed by atoms with Crippen molar-refractivity contribution in [2.75, 3.05) is 50.9 Å². The minimum absolute atomic E-state index is 0.0333. The molecule has 1 saturated heterocycles. The zero-order chi connectivity index (χ0) is 22.5. The van der Waals surface area contributed by atoms with Crippen molar-refractivity contribution in [3.8, 4) is 0 Å². The third kappa shape index (κ3) is 4.61. The van der Waals surface area contributed by atoms with E-state index in [0.29, 0.717) is 26.2 Å².